The lowest BCUT2D eigenvalue weighted by molar-refractivity contribution is 0.0570. The molecule has 0 aliphatic rings. The van der Waals surface area contributed by atoms with Crippen molar-refractivity contribution in [3.8, 4) is 0 Å². The Balaban J connectivity index is 1.98. The van der Waals surface area contributed by atoms with Gasteiger partial charge in [-0.2, -0.15) is 0 Å². The van der Waals surface area contributed by atoms with Crippen LogP contribution < -0.4 is 0 Å². The van der Waals surface area contributed by atoms with E-state index in [-0.39, 0.29) is 6.10 Å². The minimum Gasteiger partial charge on any atom is -0.388 e. The lowest BCUT2D eigenvalue weighted by Gasteiger charge is -2.12. The van der Waals surface area contributed by atoms with Crippen LogP contribution in [0.2, 0.25) is 0 Å². The normalized spacial score (nSPS) is 12.5. The first kappa shape index (κ1) is 12.4. The second-order valence-corrected chi connectivity index (χ2v) is 4.06. The van der Waals surface area contributed by atoms with Crippen LogP contribution in [0.25, 0.3) is 0 Å². The molecule has 0 saturated heterocycles. The molecule has 0 aliphatic heterocycles. The lowest BCUT2D eigenvalue weighted by Crippen LogP contribution is -1.99. The van der Waals surface area contributed by atoms with E-state index in [0.29, 0.717) is 0 Å². The molecule has 0 N–H and O–H groups in total. The van der Waals surface area contributed by atoms with Crippen LogP contribution in [0.3, 0.4) is 0 Å². The van der Waals surface area contributed by atoms with Gasteiger partial charge in [0, 0.05) is 0 Å². The fourth-order valence-electron chi connectivity index (χ4n) is 1.74. The average molecular weight is 239 g/mol. The molecule has 2 rings (SSSR count). The summed E-state index contributed by atoms with van der Waals surface area (Å²) in [7, 11) is 0. The number of rotatable bonds is 5. The highest BCUT2D eigenvalue weighted by Crippen LogP contribution is 2.20. The van der Waals surface area contributed by atoms with E-state index in [4.69, 9.17) is 4.84 Å². The standard InChI is InChI=1S/C16H17NO/c1-2-16(15-11-7-4-8-12-15)18-17-13-14-9-5-3-6-10-14/h3-13,16H,2H2,1H3/b17-13+/t16-/m0/s1. The van der Waals surface area contributed by atoms with Crippen molar-refractivity contribution in [3.63, 3.8) is 0 Å². The van der Waals surface area contributed by atoms with Gasteiger partial charge in [0.15, 0.2) is 6.10 Å². The molecule has 92 valence electrons. The molecule has 0 bridgehead atoms. The SMILES string of the molecule is CC[C@H](O/N=C/c1ccccc1)c1ccccc1. The van der Waals surface area contributed by atoms with Gasteiger partial charge >= 0.3 is 0 Å². The molecule has 2 heteroatoms. The number of nitrogens with zero attached hydrogens (tertiary/aromatic N) is 1. The molecule has 0 amide bonds. The van der Waals surface area contributed by atoms with Gasteiger partial charge in [-0.05, 0) is 17.5 Å². The van der Waals surface area contributed by atoms with Crippen LogP contribution in [0, 0.1) is 0 Å². The summed E-state index contributed by atoms with van der Waals surface area (Å²) in [5.41, 5.74) is 2.20. The third kappa shape index (κ3) is 3.45. The van der Waals surface area contributed by atoms with Crippen LogP contribution in [-0.4, -0.2) is 6.21 Å². The fourth-order valence-corrected chi connectivity index (χ4v) is 1.74. The van der Waals surface area contributed by atoms with Crippen molar-refractivity contribution < 1.29 is 4.84 Å². The van der Waals surface area contributed by atoms with E-state index in [0.717, 1.165) is 17.5 Å². The number of oxime groups is 1. The van der Waals surface area contributed by atoms with Gasteiger partial charge in [-0.1, -0.05) is 72.7 Å². The molecule has 0 saturated carbocycles. The molecule has 0 aliphatic carbocycles. The first-order valence-corrected chi connectivity index (χ1v) is 6.19. The summed E-state index contributed by atoms with van der Waals surface area (Å²) in [5, 5.41) is 4.06. The van der Waals surface area contributed by atoms with Crippen molar-refractivity contribution in [2.24, 2.45) is 5.16 Å². The molecule has 0 radical (unpaired) electrons. The third-order valence-corrected chi connectivity index (χ3v) is 2.73. The predicted molar refractivity (Wildman–Crippen MR) is 74.6 cm³/mol. The van der Waals surface area contributed by atoms with Crippen molar-refractivity contribution in [1.82, 2.24) is 0 Å². The summed E-state index contributed by atoms with van der Waals surface area (Å²) in [4.78, 5) is 5.55. The molecule has 0 unspecified atom stereocenters. The molecule has 2 aromatic rings. The smallest absolute Gasteiger partial charge is 0.152 e. The Morgan fingerprint density at radius 2 is 1.61 bits per heavy atom. The van der Waals surface area contributed by atoms with Crippen LogP contribution in [0.15, 0.2) is 65.8 Å². The van der Waals surface area contributed by atoms with Crippen molar-refractivity contribution >= 4 is 6.21 Å². The van der Waals surface area contributed by atoms with Crippen molar-refractivity contribution in [2.75, 3.05) is 0 Å². The van der Waals surface area contributed by atoms with Crippen molar-refractivity contribution in [3.05, 3.63) is 71.8 Å². The molecule has 2 aromatic carbocycles. The number of benzene rings is 2. The largest absolute Gasteiger partial charge is 0.388 e. The zero-order chi connectivity index (χ0) is 12.6. The van der Waals surface area contributed by atoms with E-state index in [1.165, 1.54) is 0 Å². The van der Waals surface area contributed by atoms with Crippen molar-refractivity contribution in [2.45, 2.75) is 19.4 Å². The second-order valence-electron chi connectivity index (χ2n) is 4.06. The predicted octanol–water partition coefficient (Wildman–Crippen LogP) is 4.19. The van der Waals surface area contributed by atoms with E-state index >= 15 is 0 Å². The van der Waals surface area contributed by atoms with Gasteiger partial charge in [0.05, 0.1) is 6.21 Å². The molecular formula is C16H17NO. The summed E-state index contributed by atoms with van der Waals surface area (Å²) in [6.45, 7) is 2.09. The number of hydrogen-bond donors (Lipinski definition) is 0. The summed E-state index contributed by atoms with van der Waals surface area (Å²) < 4.78 is 0. The molecule has 0 aromatic heterocycles. The Labute approximate surface area is 108 Å². The minimum atomic E-state index is 0.0196. The van der Waals surface area contributed by atoms with Crippen LogP contribution in [-0.2, 0) is 4.84 Å². The average Bonchev–Trinajstić information content (AvgIpc) is 2.46. The van der Waals surface area contributed by atoms with E-state index in [1.54, 1.807) is 6.21 Å². The summed E-state index contributed by atoms with van der Waals surface area (Å²) in [6.07, 6.45) is 2.66. The Morgan fingerprint density at radius 3 is 2.22 bits per heavy atom. The molecule has 1 atom stereocenters. The van der Waals surface area contributed by atoms with Crippen molar-refractivity contribution in [1.29, 1.82) is 0 Å². The topological polar surface area (TPSA) is 21.6 Å². The Hall–Kier alpha value is -2.09. The number of hydrogen-bond acceptors (Lipinski definition) is 2. The second kappa shape index (κ2) is 6.60. The van der Waals surface area contributed by atoms with Gasteiger partial charge in [0.2, 0.25) is 0 Å². The van der Waals surface area contributed by atoms with Gasteiger partial charge in [-0.3, -0.25) is 0 Å². The highest BCUT2D eigenvalue weighted by Gasteiger charge is 2.08. The van der Waals surface area contributed by atoms with Crippen LogP contribution >= 0.6 is 0 Å². The lowest BCUT2D eigenvalue weighted by atomic mass is 10.1. The first-order chi connectivity index (χ1) is 8.90. The highest BCUT2D eigenvalue weighted by atomic mass is 16.6. The molecule has 18 heavy (non-hydrogen) atoms. The third-order valence-electron chi connectivity index (χ3n) is 2.73. The molecule has 0 fully saturated rings. The zero-order valence-electron chi connectivity index (χ0n) is 10.5. The summed E-state index contributed by atoms with van der Waals surface area (Å²) >= 11 is 0. The van der Waals surface area contributed by atoms with Crippen LogP contribution in [0.4, 0.5) is 0 Å². The van der Waals surface area contributed by atoms with E-state index in [1.807, 2.05) is 48.5 Å². The van der Waals surface area contributed by atoms with Gasteiger partial charge in [0.25, 0.3) is 0 Å². The Kier molecular flexibility index (Phi) is 4.53. The quantitative estimate of drug-likeness (QED) is 0.566. The molecular weight excluding hydrogens is 222 g/mol. The van der Waals surface area contributed by atoms with Gasteiger partial charge in [-0.15, -0.1) is 0 Å². The maximum Gasteiger partial charge on any atom is 0.152 e. The Morgan fingerprint density at radius 1 is 1.00 bits per heavy atom. The summed E-state index contributed by atoms with van der Waals surface area (Å²) in [5.74, 6) is 0. The van der Waals surface area contributed by atoms with E-state index in [9.17, 15) is 0 Å². The molecule has 0 spiro atoms. The van der Waals surface area contributed by atoms with Gasteiger partial charge < -0.3 is 4.84 Å². The Bertz CT molecular complexity index is 479. The fraction of sp³-hybridized carbons (Fsp3) is 0.188. The molecule has 0 heterocycles. The van der Waals surface area contributed by atoms with Crippen LogP contribution in [0.1, 0.15) is 30.6 Å². The molecule has 2 nitrogen and oxygen atoms in total. The minimum absolute atomic E-state index is 0.0196. The monoisotopic (exact) mass is 239 g/mol. The van der Waals surface area contributed by atoms with E-state index < -0.39 is 0 Å². The van der Waals surface area contributed by atoms with E-state index in [2.05, 4.69) is 24.2 Å². The maximum absolute atomic E-state index is 5.55. The van der Waals surface area contributed by atoms with Crippen LogP contribution in [0.5, 0.6) is 0 Å². The zero-order valence-corrected chi connectivity index (χ0v) is 10.5. The first-order valence-electron chi connectivity index (χ1n) is 6.19. The summed E-state index contributed by atoms with van der Waals surface area (Å²) in [6, 6.07) is 20.1. The highest BCUT2D eigenvalue weighted by molar-refractivity contribution is 5.78. The van der Waals surface area contributed by atoms with Gasteiger partial charge in [0.1, 0.15) is 0 Å². The maximum atomic E-state index is 5.55. The van der Waals surface area contributed by atoms with Gasteiger partial charge in [-0.25, -0.2) is 0 Å².